The Balaban J connectivity index is 2.08. The third-order valence-electron chi connectivity index (χ3n) is 5.16. The molecule has 3 rings (SSSR count). The van der Waals surface area contributed by atoms with Crippen molar-refractivity contribution in [2.75, 3.05) is 20.3 Å². The molecule has 1 aliphatic heterocycles. The number of aliphatic hydroxyl groups is 1. The van der Waals surface area contributed by atoms with Crippen molar-refractivity contribution < 1.29 is 28.6 Å². The summed E-state index contributed by atoms with van der Waals surface area (Å²) >= 11 is 6.06. The van der Waals surface area contributed by atoms with Crippen LogP contribution >= 0.6 is 11.6 Å². The molecule has 2 aromatic carbocycles. The van der Waals surface area contributed by atoms with Gasteiger partial charge in [0.05, 0.1) is 29.9 Å². The molecule has 2 aromatic rings. The standard InChI is InChI=1S/C24H25ClFNO5/c1-14(2)32-12-6-11-27-21(16-7-4-5-8-18(16)26)20(23(29)24(27)30)22(28)15-9-10-17(25)19(13-15)31-3/h4-5,7-10,13-14,21,28H,6,11-12H2,1-3H3/b22-20+. The van der Waals surface area contributed by atoms with Crippen LogP contribution in [0.1, 0.15) is 37.4 Å². The van der Waals surface area contributed by atoms with E-state index in [9.17, 15) is 19.1 Å². The van der Waals surface area contributed by atoms with Crippen LogP contribution < -0.4 is 4.74 Å². The second-order valence-electron chi connectivity index (χ2n) is 7.64. The summed E-state index contributed by atoms with van der Waals surface area (Å²) in [5.74, 6) is -2.40. The van der Waals surface area contributed by atoms with Crippen molar-refractivity contribution in [1.29, 1.82) is 0 Å². The van der Waals surface area contributed by atoms with E-state index in [0.717, 1.165) is 0 Å². The molecule has 0 aliphatic carbocycles. The Kier molecular flexibility index (Phi) is 7.53. The van der Waals surface area contributed by atoms with Gasteiger partial charge in [0, 0.05) is 24.3 Å². The lowest BCUT2D eigenvalue weighted by molar-refractivity contribution is -0.140. The second-order valence-corrected chi connectivity index (χ2v) is 8.04. The second kappa shape index (κ2) is 10.1. The summed E-state index contributed by atoms with van der Waals surface area (Å²) in [6.45, 7) is 4.33. The third-order valence-corrected chi connectivity index (χ3v) is 5.47. The van der Waals surface area contributed by atoms with Crippen molar-refractivity contribution >= 4 is 29.1 Å². The number of hydrogen-bond acceptors (Lipinski definition) is 5. The van der Waals surface area contributed by atoms with Crippen LogP contribution in [0.15, 0.2) is 48.0 Å². The summed E-state index contributed by atoms with van der Waals surface area (Å²) in [5.41, 5.74) is 0.168. The van der Waals surface area contributed by atoms with E-state index in [1.54, 1.807) is 6.07 Å². The van der Waals surface area contributed by atoms with Crippen molar-refractivity contribution in [3.63, 3.8) is 0 Å². The number of hydrogen-bond donors (Lipinski definition) is 1. The number of Topliss-reactive ketones (excluding diaryl/α,β-unsaturated/α-hetero) is 1. The molecule has 170 valence electrons. The Hall–Kier alpha value is -2.90. The van der Waals surface area contributed by atoms with Gasteiger partial charge in [0.1, 0.15) is 17.3 Å². The summed E-state index contributed by atoms with van der Waals surface area (Å²) in [4.78, 5) is 27.1. The lowest BCUT2D eigenvalue weighted by atomic mass is 9.95. The summed E-state index contributed by atoms with van der Waals surface area (Å²) in [5, 5.41) is 11.4. The number of benzene rings is 2. The van der Waals surface area contributed by atoms with Gasteiger partial charge < -0.3 is 19.5 Å². The van der Waals surface area contributed by atoms with Crippen LogP contribution in [0.3, 0.4) is 0 Å². The Morgan fingerprint density at radius 2 is 1.94 bits per heavy atom. The molecule has 8 heteroatoms. The maximum atomic E-state index is 14.8. The highest BCUT2D eigenvalue weighted by Crippen LogP contribution is 2.41. The number of nitrogens with zero attached hydrogens (tertiary/aromatic N) is 1. The number of halogens is 2. The van der Waals surface area contributed by atoms with E-state index in [0.29, 0.717) is 23.8 Å². The van der Waals surface area contributed by atoms with Gasteiger partial charge >= 0.3 is 0 Å². The van der Waals surface area contributed by atoms with Gasteiger partial charge in [-0.15, -0.1) is 0 Å². The van der Waals surface area contributed by atoms with Gasteiger partial charge in [0.15, 0.2) is 0 Å². The maximum Gasteiger partial charge on any atom is 0.295 e. The number of rotatable bonds is 8. The monoisotopic (exact) mass is 461 g/mol. The van der Waals surface area contributed by atoms with Crippen LogP contribution in [-0.4, -0.2) is 48.1 Å². The molecule has 1 fully saturated rings. The van der Waals surface area contributed by atoms with E-state index in [2.05, 4.69) is 0 Å². The molecule has 1 amide bonds. The molecule has 32 heavy (non-hydrogen) atoms. The lowest BCUT2D eigenvalue weighted by Crippen LogP contribution is -2.31. The molecule has 1 aliphatic rings. The first-order chi connectivity index (χ1) is 15.3. The number of ketones is 1. The third kappa shape index (κ3) is 4.79. The van der Waals surface area contributed by atoms with Crippen LogP contribution in [0.25, 0.3) is 5.76 Å². The predicted octanol–water partition coefficient (Wildman–Crippen LogP) is 4.72. The molecule has 1 heterocycles. The zero-order valence-corrected chi connectivity index (χ0v) is 18.9. The van der Waals surface area contributed by atoms with Crippen LogP contribution in [0.5, 0.6) is 5.75 Å². The largest absolute Gasteiger partial charge is 0.507 e. The van der Waals surface area contributed by atoms with Crippen molar-refractivity contribution in [1.82, 2.24) is 4.90 Å². The van der Waals surface area contributed by atoms with Crippen molar-refractivity contribution in [2.24, 2.45) is 0 Å². The van der Waals surface area contributed by atoms with E-state index in [4.69, 9.17) is 21.1 Å². The molecule has 0 aromatic heterocycles. The van der Waals surface area contributed by atoms with Crippen LogP contribution in [0.2, 0.25) is 5.02 Å². The van der Waals surface area contributed by atoms with Gasteiger partial charge in [-0.3, -0.25) is 9.59 Å². The average Bonchev–Trinajstić information content (AvgIpc) is 3.01. The number of methoxy groups -OCH3 is 1. The van der Waals surface area contributed by atoms with Gasteiger partial charge in [0.25, 0.3) is 11.7 Å². The number of carbonyl (C=O) groups excluding carboxylic acids is 2. The first-order valence-electron chi connectivity index (χ1n) is 10.2. The molecular weight excluding hydrogens is 437 g/mol. The van der Waals surface area contributed by atoms with E-state index >= 15 is 0 Å². The highest BCUT2D eigenvalue weighted by molar-refractivity contribution is 6.46. The number of ether oxygens (including phenoxy) is 2. The molecule has 0 bridgehead atoms. The number of carbonyl (C=O) groups is 2. The fraction of sp³-hybridized carbons (Fsp3) is 0.333. The number of amides is 1. The Morgan fingerprint density at radius 3 is 2.59 bits per heavy atom. The highest BCUT2D eigenvalue weighted by atomic mass is 35.5. The van der Waals surface area contributed by atoms with Gasteiger partial charge in [-0.1, -0.05) is 29.8 Å². The average molecular weight is 462 g/mol. The fourth-order valence-electron chi connectivity index (χ4n) is 3.65. The summed E-state index contributed by atoms with van der Waals surface area (Å²) in [6.07, 6.45) is 0.470. The molecule has 1 N–H and O–H groups in total. The van der Waals surface area contributed by atoms with E-state index in [1.807, 2.05) is 13.8 Å². The molecule has 0 radical (unpaired) electrons. The summed E-state index contributed by atoms with van der Waals surface area (Å²) < 4.78 is 25.5. The van der Waals surface area contributed by atoms with Gasteiger partial charge in [-0.2, -0.15) is 0 Å². The summed E-state index contributed by atoms with van der Waals surface area (Å²) in [6, 6.07) is 9.28. The first kappa shape index (κ1) is 23.8. The minimum absolute atomic E-state index is 0.0210. The quantitative estimate of drug-likeness (QED) is 0.266. The number of aliphatic hydroxyl groups excluding tert-OH is 1. The molecule has 0 saturated carbocycles. The van der Waals surface area contributed by atoms with E-state index < -0.39 is 29.3 Å². The minimum atomic E-state index is -1.07. The number of likely N-dealkylation sites (tertiary alicyclic amines) is 1. The van der Waals surface area contributed by atoms with Gasteiger partial charge in [-0.05, 0) is 44.5 Å². The van der Waals surface area contributed by atoms with Crippen molar-refractivity contribution in [3.8, 4) is 5.75 Å². The SMILES string of the molecule is COc1cc(/C(O)=C2\C(=O)C(=O)N(CCCOC(C)C)C2c2ccccc2F)ccc1Cl. The Morgan fingerprint density at radius 1 is 1.22 bits per heavy atom. The zero-order chi connectivity index (χ0) is 23.4. The normalized spacial score (nSPS) is 17.9. The van der Waals surface area contributed by atoms with Gasteiger partial charge in [0.2, 0.25) is 0 Å². The molecule has 1 atom stereocenters. The Bertz CT molecular complexity index is 1050. The molecule has 0 spiro atoms. The molecule has 6 nitrogen and oxygen atoms in total. The van der Waals surface area contributed by atoms with Crippen molar-refractivity contribution in [2.45, 2.75) is 32.4 Å². The Labute approximate surface area is 191 Å². The highest BCUT2D eigenvalue weighted by Gasteiger charge is 2.46. The minimum Gasteiger partial charge on any atom is -0.507 e. The van der Waals surface area contributed by atoms with Gasteiger partial charge in [-0.25, -0.2) is 4.39 Å². The van der Waals surface area contributed by atoms with Crippen molar-refractivity contribution in [3.05, 3.63) is 70.0 Å². The van der Waals surface area contributed by atoms with E-state index in [1.165, 1.54) is 48.4 Å². The fourth-order valence-corrected chi connectivity index (χ4v) is 3.84. The lowest BCUT2D eigenvalue weighted by Gasteiger charge is -2.25. The molecular formula is C24H25ClFNO5. The van der Waals surface area contributed by atoms with Crippen LogP contribution in [-0.2, 0) is 14.3 Å². The summed E-state index contributed by atoms with van der Waals surface area (Å²) in [7, 11) is 1.42. The molecule has 1 saturated heterocycles. The van der Waals surface area contributed by atoms with Crippen LogP contribution in [0.4, 0.5) is 4.39 Å². The first-order valence-corrected chi connectivity index (χ1v) is 10.6. The smallest absolute Gasteiger partial charge is 0.295 e. The van der Waals surface area contributed by atoms with Crippen LogP contribution in [0, 0.1) is 5.82 Å². The predicted molar refractivity (Wildman–Crippen MR) is 119 cm³/mol. The zero-order valence-electron chi connectivity index (χ0n) is 18.1. The van der Waals surface area contributed by atoms with E-state index in [-0.39, 0.29) is 29.3 Å². The topological polar surface area (TPSA) is 76.1 Å². The molecule has 1 unspecified atom stereocenters. The maximum absolute atomic E-state index is 14.8.